The third kappa shape index (κ3) is 4.03. The monoisotopic (exact) mass is 265 g/mol. The van der Waals surface area contributed by atoms with Crippen molar-refractivity contribution in [2.24, 2.45) is 11.7 Å². The molecule has 0 heterocycles. The van der Waals surface area contributed by atoms with E-state index < -0.39 is 4.92 Å². The fourth-order valence-electron chi connectivity index (χ4n) is 1.89. The summed E-state index contributed by atoms with van der Waals surface area (Å²) in [7, 11) is 0. The number of carbonyl (C=O) groups excluding carboxylic acids is 1. The Morgan fingerprint density at radius 1 is 1.53 bits per heavy atom. The van der Waals surface area contributed by atoms with Gasteiger partial charge >= 0.3 is 0 Å². The van der Waals surface area contributed by atoms with Gasteiger partial charge in [-0.25, -0.2) is 0 Å². The number of amides is 1. The molecule has 6 heteroatoms. The average Bonchev–Trinajstić information content (AvgIpc) is 2.35. The Labute approximate surface area is 112 Å². The number of nitrogens with zero attached hydrogens (tertiary/aromatic N) is 1. The lowest BCUT2D eigenvalue weighted by Gasteiger charge is -2.14. The first-order chi connectivity index (χ1) is 8.99. The van der Waals surface area contributed by atoms with Crippen molar-refractivity contribution in [3.05, 3.63) is 33.9 Å². The minimum atomic E-state index is -0.444. The number of hydrogen-bond acceptors (Lipinski definition) is 4. The smallest absolute Gasteiger partial charge is 0.272 e. The SMILES string of the molecule is CCCC(CN)C(=O)Nc1ccc([N+](=O)[O-])c(C)c1. The van der Waals surface area contributed by atoms with Crippen LogP contribution in [-0.4, -0.2) is 17.4 Å². The summed E-state index contributed by atoms with van der Waals surface area (Å²) in [5.74, 6) is -0.363. The molecule has 19 heavy (non-hydrogen) atoms. The second-order valence-electron chi connectivity index (χ2n) is 4.47. The first-order valence-corrected chi connectivity index (χ1v) is 6.25. The van der Waals surface area contributed by atoms with Crippen LogP contribution in [0.3, 0.4) is 0 Å². The Hall–Kier alpha value is -1.95. The van der Waals surface area contributed by atoms with E-state index in [2.05, 4.69) is 5.32 Å². The van der Waals surface area contributed by atoms with Crippen molar-refractivity contribution in [1.82, 2.24) is 0 Å². The number of hydrogen-bond donors (Lipinski definition) is 2. The molecule has 3 N–H and O–H groups in total. The number of benzene rings is 1. The average molecular weight is 265 g/mol. The Kier molecular flexibility index (Phi) is 5.44. The summed E-state index contributed by atoms with van der Waals surface area (Å²) < 4.78 is 0. The predicted octanol–water partition coefficient (Wildman–Crippen LogP) is 2.22. The van der Waals surface area contributed by atoms with Crippen molar-refractivity contribution in [3.8, 4) is 0 Å². The third-order valence-corrected chi connectivity index (χ3v) is 2.95. The van der Waals surface area contributed by atoms with E-state index in [9.17, 15) is 14.9 Å². The molecule has 0 spiro atoms. The van der Waals surface area contributed by atoms with Crippen LogP contribution >= 0.6 is 0 Å². The van der Waals surface area contributed by atoms with Gasteiger partial charge in [0.1, 0.15) is 0 Å². The van der Waals surface area contributed by atoms with Crippen LogP contribution < -0.4 is 11.1 Å². The van der Waals surface area contributed by atoms with Crippen LogP contribution in [-0.2, 0) is 4.79 Å². The Morgan fingerprint density at radius 2 is 2.21 bits per heavy atom. The van der Waals surface area contributed by atoms with Gasteiger partial charge in [-0.3, -0.25) is 14.9 Å². The van der Waals surface area contributed by atoms with E-state index in [0.29, 0.717) is 17.8 Å². The van der Waals surface area contributed by atoms with Crippen molar-refractivity contribution in [2.75, 3.05) is 11.9 Å². The number of nitro benzene ring substituents is 1. The van der Waals surface area contributed by atoms with E-state index in [0.717, 1.165) is 12.8 Å². The van der Waals surface area contributed by atoms with Crippen LogP contribution in [0, 0.1) is 23.0 Å². The lowest BCUT2D eigenvalue weighted by Crippen LogP contribution is -2.29. The second-order valence-corrected chi connectivity index (χ2v) is 4.47. The summed E-state index contributed by atoms with van der Waals surface area (Å²) in [6.45, 7) is 3.93. The van der Waals surface area contributed by atoms with E-state index in [-0.39, 0.29) is 17.5 Å². The molecule has 6 nitrogen and oxygen atoms in total. The minimum absolute atomic E-state index is 0.0435. The molecule has 1 atom stereocenters. The van der Waals surface area contributed by atoms with Gasteiger partial charge in [0.05, 0.1) is 10.8 Å². The van der Waals surface area contributed by atoms with Crippen molar-refractivity contribution in [1.29, 1.82) is 0 Å². The molecule has 0 aliphatic carbocycles. The highest BCUT2D eigenvalue weighted by Gasteiger charge is 2.17. The number of rotatable bonds is 6. The molecule has 0 aromatic heterocycles. The van der Waals surface area contributed by atoms with E-state index >= 15 is 0 Å². The molecule has 1 aromatic rings. The van der Waals surface area contributed by atoms with Gasteiger partial charge in [0, 0.05) is 23.9 Å². The van der Waals surface area contributed by atoms with Crippen LogP contribution in [0.1, 0.15) is 25.3 Å². The highest BCUT2D eigenvalue weighted by molar-refractivity contribution is 5.92. The molecular weight excluding hydrogens is 246 g/mol. The van der Waals surface area contributed by atoms with Gasteiger partial charge in [-0.05, 0) is 25.5 Å². The maximum absolute atomic E-state index is 11.9. The quantitative estimate of drug-likeness (QED) is 0.608. The summed E-state index contributed by atoms with van der Waals surface area (Å²) in [5.41, 5.74) is 6.67. The Bertz CT molecular complexity index is 474. The molecule has 1 amide bonds. The maximum Gasteiger partial charge on any atom is 0.272 e. The molecule has 1 rings (SSSR count). The zero-order chi connectivity index (χ0) is 14.4. The Balaban J connectivity index is 2.80. The van der Waals surface area contributed by atoms with Crippen molar-refractivity contribution >= 4 is 17.3 Å². The first-order valence-electron chi connectivity index (χ1n) is 6.25. The number of carbonyl (C=O) groups is 1. The summed E-state index contributed by atoms with van der Waals surface area (Å²) in [4.78, 5) is 22.2. The summed E-state index contributed by atoms with van der Waals surface area (Å²) in [6, 6.07) is 4.51. The minimum Gasteiger partial charge on any atom is -0.330 e. The summed E-state index contributed by atoms with van der Waals surface area (Å²) >= 11 is 0. The number of nitro groups is 1. The van der Waals surface area contributed by atoms with Crippen molar-refractivity contribution < 1.29 is 9.72 Å². The van der Waals surface area contributed by atoms with E-state index in [1.54, 1.807) is 13.0 Å². The van der Waals surface area contributed by atoms with Crippen LogP contribution in [0.5, 0.6) is 0 Å². The predicted molar refractivity (Wildman–Crippen MR) is 73.9 cm³/mol. The zero-order valence-corrected chi connectivity index (χ0v) is 11.2. The lowest BCUT2D eigenvalue weighted by molar-refractivity contribution is -0.385. The van der Waals surface area contributed by atoms with Gasteiger partial charge < -0.3 is 11.1 Å². The van der Waals surface area contributed by atoms with E-state index in [4.69, 9.17) is 5.73 Å². The summed E-state index contributed by atoms with van der Waals surface area (Å²) in [5, 5.41) is 13.4. The molecule has 1 aromatic carbocycles. The number of nitrogens with two attached hydrogens (primary N) is 1. The first kappa shape index (κ1) is 15.1. The van der Waals surface area contributed by atoms with Crippen LogP contribution in [0.4, 0.5) is 11.4 Å². The van der Waals surface area contributed by atoms with Crippen LogP contribution in [0.15, 0.2) is 18.2 Å². The normalized spacial score (nSPS) is 11.9. The van der Waals surface area contributed by atoms with Gasteiger partial charge in [-0.1, -0.05) is 13.3 Å². The molecule has 0 fully saturated rings. The second kappa shape index (κ2) is 6.84. The van der Waals surface area contributed by atoms with Gasteiger partial charge in [0.2, 0.25) is 5.91 Å². The molecule has 0 aliphatic heterocycles. The fraction of sp³-hybridized carbons (Fsp3) is 0.462. The molecule has 104 valence electrons. The van der Waals surface area contributed by atoms with Crippen molar-refractivity contribution in [3.63, 3.8) is 0 Å². The molecule has 0 radical (unpaired) electrons. The van der Waals surface area contributed by atoms with Crippen molar-refractivity contribution in [2.45, 2.75) is 26.7 Å². The number of nitrogens with one attached hydrogen (secondary N) is 1. The topological polar surface area (TPSA) is 98.3 Å². The standard InChI is InChI=1S/C13H19N3O3/c1-3-4-10(8-14)13(17)15-11-5-6-12(16(18)19)9(2)7-11/h5-7,10H,3-4,8,14H2,1-2H3,(H,15,17). The fourth-order valence-corrected chi connectivity index (χ4v) is 1.89. The molecular formula is C13H19N3O3. The molecule has 0 aliphatic rings. The molecule has 0 saturated carbocycles. The zero-order valence-electron chi connectivity index (χ0n) is 11.2. The Morgan fingerprint density at radius 3 is 2.68 bits per heavy atom. The van der Waals surface area contributed by atoms with Gasteiger partial charge in [-0.15, -0.1) is 0 Å². The largest absolute Gasteiger partial charge is 0.330 e. The molecule has 0 saturated heterocycles. The van der Waals surface area contributed by atoms with Gasteiger partial charge in [0.15, 0.2) is 0 Å². The molecule has 0 bridgehead atoms. The van der Waals surface area contributed by atoms with Gasteiger partial charge in [-0.2, -0.15) is 0 Å². The maximum atomic E-state index is 11.9. The van der Waals surface area contributed by atoms with E-state index in [1.807, 2.05) is 6.92 Å². The van der Waals surface area contributed by atoms with E-state index in [1.165, 1.54) is 12.1 Å². The highest BCUT2D eigenvalue weighted by atomic mass is 16.6. The van der Waals surface area contributed by atoms with Crippen LogP contribution in [0.25, 0.3) is 0 Å². The van der Waals surface area contributed by atoms with Crippen LogP contribution in [0.2, 0.25) is 0 Å². The summed E-state index contributed by atoms with van der Waals surface area (Å²) in [6.07, 6.45) is 1.61. The highest BCUT2D eigenvalue weighted by Crippen LogP contribution is 2.22. The third-order valence-electron chi connectivity index (χ3n) is 2.95. The molecule has 1 unspecified atom stereocenters. The number of aryl methyl sites for hydroxylation is 1. The van der Waals surface area contributed by atoms with Gasteiger partial charge in [0.25, 0.3) is 5.69 Å². The lowest BCUT2D eigenvalue weighted by atomic mass is 10.0. The number of anilines is 1.